The fourth-order valence-corrected chi connectivity index (χ4v) is 3.49. The van der Waals surface area contributed by atoms with Crippen molar-refractivity contribution in [2.24, 2.45) is 0 Å². The lowest BCUT2D eigenvalue weighted by Crippen LogP contribution is -2.21. The van der Waals surface area contributed by atoms with Gasteiger partial charge in [0.25, 0.3) is 0 Å². The van der Waals surface area contributed by atoms with Crippen molar-refractivity contribution < 1.29 is 23.0 Å². The number of rotatable bonds is 1. The Morgan fingerprint density at radius 2 is 2.00 bits per heavy atom. The summed E-state index contributed by atoms with van der Waals surface area (Å²) in [6.07, 6.45) is -2.37. The number of nitrogens with two attached hydrogens (primary N) is 1. The maximum absolute atomic E-state index is 12.8. The molecule has 2 bridgehead atoms. The van der Waals surface area contributed by atoms with E-state index in [1.54, 1.807) is 0 Å². The molecule has 8 heteroatoms. The average molecular weight is 337 g/mol. The second-order valence-corrected chi connectivity index (χ2v) is 6.08. The number of aromatic hydroxyl groups is 1. The van der Waals surface area contributed by atoms with Crippen LogP contribution in [0.2, 0.25) is 0 Å². The fraction of sp³-hybridized carbons (Fsp3) is 0.375. The fourth-order valence-electron chi connectivity index (χ4n) is 3.49. The summed E-state index contributed by atoms with van der Waals surface area (Å²) in [6, 6.07) is 2.84. The third-order valence-electron chi connectivity index (χ3n) is 4.59. The van der Waals surface area contributed by atoms with Crippen LogP contribution in [-0.2, 0) is 17.3 Å². The van der Waals surface area contributed by atoms with E-state index in [2.05, 4.69) is 10.2 Å². The number of halogens is 3. The molecule has 1 fully saturated rings. The van der Waals surface area contributed by atoms with E-state index in [-0.39, 0.29) is 23.6 Å². The lowest BCUT2D eigenvalue weighted by molar-refractivity contribution is -0.137. The number of nitrogens with zero attached hydrogens (tertiary/aromatic N) is 2. The summed E-state index contributed by atoms with van der Waals surface area (Å²) in [4.78, 5) is 0. The van der Waals surface area contributed by atoms with Crippen LogP contribution in [0.3, 0.4) is 0 Å². The molecule has 3 N–H and O–H groups in total. The normalized spacial score (nSPS) is 22.5. The molecule has 2 aliphatic rings. The van der Waals surface area contributed by atoms with Crippen LogP contribution in [0.15, 0.2) is 18.2 Å². The maximum Gasteiger partial charge on any atom is 0.416 e. The van der Waals surface area contributed by atoms with Crippen molar-refractivity contribution in [1.29, 1.82) is 0 Å². The highest BCUT2D eigenvalue weighted by molar-refractivity contribution is 5.73. The van der Waals surface area contributed by atoms with Gasteiger partial charge in [-0.15, -0.1) is 10.2 Å². The summed E-state index contributed by atoms with van der Waals surface area (Å²) >= 11 is 0. The zero-order valence-electron chi connectivity index (χ0n) is 12.5. The van der Waals surface area contributed by atoms with Crippen LogP contribution in [0.1, 0.15) is 35.6 Å². The van der Waals surface area contributed by atoms with Crippen LogP contribution >= 0.6 is 0 Å². The topological polar surface area (TPSA) is 81.3 Å². The molecule has 2 aliphatic heterocycles. The van der Waals surface area contributed by atoms with Gasteiger partial charge in [0.15, 0.2) is 5.82 Å². The molecule has 0 amide bonds. The summed E-state index contributed by atoms with van der Waals surface area (Å²) in [5.41, 5.74) is 7.14. The zero-order chi connectivity index (χ0) is 17.1. The average Bonchev–Trinajstić information content (AvgIpc) is 2.88. The van der Waals surface area contributed by atoms with Gasteiger partial charge in [-0.1, -0.05) is 0 Å². The van der Waals surface area contributed by atoms with E-state index >= 15 is 0 Å². The summed E-state index contributed by atoms with van der Waals surface area (Å²) in [5.74, 6) is -0.213. The number of aromatic nitrogens is 2. The highest BCUT2D eigenvalue weighted by atomic mass is 19.4. The molecule has 126 valence electrons. The van der Waals surface area contributed by atoms with Crippen molar-refractivity contribution in [3.63, 3.8) is 0 Å². The minimum absolute atomic E-state index is 0.0430. The zero-order valence-corrected chi connectivity index (χ0v) is 12.5. The van der Waals surface area contributed by atoms with Crippen LogP contribution in [0.5, 0.6) is 5.75 Å². The van der Waals surface area contributed by atoms with Gasteiger partial charge in [0.05, 0.1) is 17.8 Å². The molecule has 1 saturated heterocycles. The Bertz CT molecular complexity index is 823. The van der Waals surface area contributed by atoms with Crippen LogP contribution in [0.4, 0.5) is 19.0 Å². The second kappa shape index (κ2) is 5.07. The molecule has 1 aromatic heterocycles. The first kappa shape index (κ1) is 15.2. The van der Waals surface area contributed by atoms with Gasteiger partial charge < -0.3 is 15.6 Å². The van der Waals surface area contributed by atoms with Crippen molar-refractivity contribution in [3.8, 4) is 17.0 Å². The molecular formula is C16H14F3N3O2. The summed E-state index contributed by atoms with van der Waals surface area (Å²) in [6.45, 7) is 0. The van der Waals surface area contributed by atoms with Gasteiger partial charge in [0.2, 0.25) is 0 Å². The predicted molar refractivity (Wildman–Crippen MR) is 79.1 cm³/mol. The van der Waals surface area contributed by atoms with Crippen LogP contribution in [-0.4, -0.2) is 21.4 Å². The number of anilines is 1. The third kappa shape index (κ3) is 2.29. The number of phenolic OH excluding ortho intramolecular Hbond substituents is 1. The molecule has 4 rings (SSSR count). The van der Waals surface area contributed by atoms with Crippen molar-refractivity contribution in [2.45, 2.75) is 37.6 Å². The van der Waals surface area contributed by atoms with E-state index in [1.807, 2.05) is 0 Å². The van der Waals surface area contributed by atoms with Crippen molar-refractivity contribution in [3.05, 3.63) is 34.9 Å². The monoisotopic (exact) mass is 337 g/mol. The number of ether oxygens (including phenoxy) is 1. The van der Waals surface area contributed by atoms with Gasteiger partial charge in [-0.25, -0.2) is 0 Å². The number of alkyl halides is 3. The molecule has 1 aromatic carbocycles. The van der Waals surface area contributed by atoms with Gasteiger partial charge >= 0.3 is 6.18 Å². The number of phenols is 1. The first-order chi connectivity index (χ1) is 11.3. The minimum atomic E-state index is -4.52. The lowest BCUT2D eigenvalue weighted by atomic mass is 9.93. The highest BCUT2D eigenvalue weighted by Crippen LogP contribution is 2.46. The molecule has 5 nitrogen and oxygen atoms in total. The quantitative estimate of drug-likeness (QED) is 0.835. The first-order valence-corrected chi connectivity index (χ1v) is 7.55. The number of hydrogen-bond donors (Lipinski definition) is 2. The Morgan fingerprint density at radius 3 is 2.71 bits per heavy atom. The molecule has 2 atom stereocenters. The summed E-state index contributed by atoms with van der Waals surface area (Å²) in [7, 11) is 0. The van der Waals surface area contributed by atoms with E-state index in [0.717, 1.165) is 30.0 Å². The minimum Gasteiger partial charge on any atom is -0.507 e. The highest BCUT2D eigenvalue weighted by Gasteiger charge is 2.38. The number of nitrogen functional groups attached to an aromatic ring is 1. The second-order valence-electron chi connectivity index (χ2n) is 6.08. The van der Waals surface area contributed by atoms with Crippen LogP contribution in [0, 0.1) is 0 Å². The Balaban J connectivity index is 1.86. The Hall–Kier alpha value is -2.35. The van der Waals surface area contributed by atoms with Crippen molar-refractivity contribution >= 4 is 5.82 Å². The number of fused-ring (bicyclic) bond motifs is 4. The number of hydrogen-bond acceptors (Lipinski definition) is 5. The standard InChI is InChI=1S/C16H14F3N3O2/c17-16(18,19)7-1-3-9(11(23)5-7)14-10-6-8-2-4-12(24-8)13(10)15(20)22-21-14/h1,3,5,8,12,23H,2,4,6H2,(H2,20,22). The first-order valence-electron chi connectivity index (χ1n) is 7.55. The van der Waals surface area contributed by atoms with Crippen LogP contribution in [0.25, 0.3) is 11.3 Å². The largest absolute Gasteiger partial charge is 0.507 e. The molecule has 0 saturated carbocycles. The molecule has 3 heterocycles. The summed E-state index contributed by atoms with van der Waals surface area (Å²) in [5, 5.41) is 18.0. The molecule has 2 aromatic rings. The SMILES string of the molecule is Nc1nnc(-c2ccc(C(F)(F)F)cc2O)c2c1C1CCC(C2)O1. The van der Waals surface area contributed by atoms with E-state index < -0.39 is 17.5 Å². The lowest BCUT2D eigenvalue weighted by Gasteiger charge is -2.26. The van der Waals surface area contributed by atoms with Gasteiger partial charge in [-0.2, -0.15) is 13.2 Å². The molecule has 2 unspecified atom stereocenters. The smallest absolute Gasteiger partial charge is 0.416 e. The molecule has 24 heavy (non-hydrogen) atoms. The Kier molecular flexibility index (Phi) is 3.21. The van der Waals surface area contributed by atoms with E-state index in [9.17, 15) is 18.3 Å². The molecule has 0 aliphatic carbocycles. The number of benzene rings is 1. The molecule has 0 radical (unpaired) electrons. The van der Waals surface area contributed by atoms with Gasteiger partial charge in [-0.3, -0.25) is 0 Å². The maximum atomic E-state index is 12.8. The van der Waals surface area contributed by atoms with E-state index in [0.29, 0.717) is 18.2 Å². The van der Waals surface area contributed by atoms with Gasteiger partial charge in [0, 0.05) is 17.5 Å². The molecule has 0 spiro atoms. The third-order valence-corrected chi connectivity index (χ3v) is 4.59. The summed E-state index contributed by atoms with van der Waals surface area (Å²) < 4.78 is 44.1. The molecular weight excluding hydrogens is 323 g/mol. The Labute approximate surface area is 135 Å². The Morgan fingerprint density at radius 1 is 1.21 bits per heavy atom. The van der Waals surface area contributed by atoms with Crippen molar-refractivity contribution in [2.75, 3.05) is 5.73 Å². The van der Waals surface area contributed by atoms with Crippen LogP contribution < -0.4 is 5.73 Å². The van der Waals surface area contributed by atoms with Gasteiger partial charge in [0.1, 0.15) is 11.4 Å². The predicted octanol–water partition coefficient (Wildman–Crippen LogP) is 3.23. The van der Waals surface area contributed by atoms with Gasteiger partial charge in [-0.05, 0) is 36.6 Å². The van der Waals surface area contributed by atoms with Crippen molar-refractivity contribution in [1.82, 2.24) is 10.2 Å². The van der Waals surface area contributed by atoms with E-state index in [1.165, 1.54) is 6.07 Å². The van der Waals surface area contributed by atoms with E-state index in [4.69, 9.17) is 10.5 Å².